The number of carbonyl (C=O) groups excluding carboxylic acids is 1. The lowest BCUT2D eigenvalue weighted by atomic mass is 10.2. The molecule has 1 aromatic carbocycles. The van der Waals surface area contributed by atoms with Gasteiger partial charge in [0.1, 0.15) is 0 Å². The molecule has 2 N–H and O–H groups in total. The fourth-order valence-electron chi connectivity index (χ4n) is 1.72. The number of hydrogen-bond donors (Lipinski definition) is 2. The number of carbonyl (C=O) groups is 1. The van der Waals surface area contributed by atoms with Crippen LogP contribution < -0.4 is 4.72 Å². The minimum Gasteiger partial charge on any atom is -0.472 e. The first kappa shape index (κ1) is 15.4. The zero-order valence-corrected chi connectivity index (χ0v) is 12.1. The Bertz CT molecular complexity index is 704. The number of ketones is 1. The summed E-state index contributed by atoms with van der Waals surface area (Å²) in [5, 5.41) is 9.80. The molecule has 1 aromatic heterocycles. The van der Waals surface area contributed by atoms with Crippen LogP contribution in [0, 0.1) is 0 Å². The van der Waals surface area contributed by atoms with Crippen LogP contribution >= 0.6 is 0 Å². The van der Waals surface area contributed by atoms with Gasteiger partial charge in [0, 0.05) is 17.7 Å². The molecule has 0 amide bonds. The predicted molar refractivity (Wildman–Crippen MR) is 75.3 cm³/mol. The molecule has 6 nitrogen and oxygen atoms in total. The maximum atomic E-state index is 12.1. The number of nitrogens with one attached hydrogen (secondary N) is 1. The summed E-state index contributed by atoms with van der Waals surface area (Å²) in [5.74, 6) is -0.137. The van der Waals surface area contributed by atoms with E-state index in [1.807, 2.05) is 0 Å². The van der Waals surface area contributed by atoms with Crippen molar-refractivity contribution in [2.24, 2.45) is 0 Å². The van der Waals surface area contributed by atoms with Crippen molar-refractivity contribution in [2.75, 3.05) is 6.54 Å². The summed E-state index contributed by atoms with van der Waals surface area (Å²) in [6.45, 7) is 1.24. The fourth-order valence-corrected chi connectivity index (χ4v) is 2.76. The topological polar surface area (TPSA) is 96.6 Å². The van der Waals surface area contributed by atoms with Gasteiger partial charge in [-0.3, -0.25) is 4.79 Å². The summed E-state index contributed by atoms with van der Waals surface area (Å²) in [4.78, 5) is 11.2. The second kappa shape index (κ2) is 6.21. The molecule has 1 heterocycles. The SMILES string of the molecule is CC(=O)c1ccc(S(=O)(=O)NC[C@@H](O)c2ccoc2)cc1. The quantitative estimate of drug-likeness (QED) is 0.788. The van der Waals surface area contributed by atoms with Gasteiger partial charge in [-0.2, -0.15) is 0 Å². The van der Waals surface area contributed by atoms with E-state index in [-0.39, 0.29) is 17.2 Å². The molecule has 2 rings (SSSR count). The van der Waals surface area contributed by atoms with Crippen LogP contribution in [0.15, 0.2) is 52.2 Å². The molecule has 0 spiro atoms. The lowest BCUT2D eigenvalue weighted by Crippen LogP contribution is -2.28. The van der Waals surface area contributed by atoms with E-state index in [1.54, 1.807) is 6.07 Å². The van der Waals surface area contributed by atoms with E-state index < -0.39 is 16.1 Å². The zero-order valence-electron chi connectivity index (χ0n) is 11.3. The Kier molecular flexibility index (Phi) is 4.56. The number of furan rings is 1. The van der Waals surface area contributed by atoms with Crippen molar-refractivity contribution in [3.05, 3.63) is 54.0 Å². The molecule has 21 heavy (non-hydrogen) atoms. The third-order valence-corrected chi connectivity index (χ3v) is 4.41. The van der Waals surface area contributed by atoms with Gasteiger partial charge < -0.3 is 9.52 Å². The standard InChI is InChI=1S/C14H15NO5S/c1-10(16)11-2-4-13(5-3-11)21(18,19)15-8-14(17)12-6-7-20-9-12/h2-7,9,14-15,17H,8H2,1H3/t14-/m1/s1. The first-order valence-electron chi connectivity index (χ1n) is 6.21. The molecule has 7 heteroatoms. The number of aliphatic hydroxyl groups excluding tert-OH is 1. The zero-order chi connectivity index (χ0) is 15.5. The number of aliphatic hydroxyl groups is 1. The predicted octanol–water partition coefficient (Wildman–Crippen LogP) is 1.49. The molecule has 0 unspecified atom stereocenters. The maximum absolute atomic E-state index is 12.1. The van der Waals surface area contributed by atoms with Gasteiger partial charge in [0.25, 0.3) is 0 Å². The summed E-state index contributed by atoms with van der Waals surface area (Å²) in [7, 11) is -3.74. The molecule has 2 aromatic rings. The Morgan fingerprint density at radius 1 is 1.29 bits per heavy atom. The van der Waals surface area contributed by atoms with Gasteiger partial charge in [-0.05, 0) is 25.1 Å². The number of benzene rings is 1. The van der Waals surface area contributed by atoms with E-state index in [9.17, 15) is 18.3 Å². The number of rotatable bonds is 6. The van der Waals surface area contributed by atoms with Crippen molar-refractivity contribution in [2.45, 2.75) is 17.9 Å². The van der Waals surface area contributed by atoms with Crippen molar-refractivity contribution >= 4 is 15.8 Å². The van der Waals surface area contributed by atoms with Crippen LogP contribution in [0.4, 0.5) is 0 Å². The smallest absolute Gasteiger partial charge is 0.240 e. The summed E-state index contributed by atoms with van der Waals surface area (Å²) >= 11 is 0. The number of Topliss-reactive ketones (excluding diaryl/α,β-unsaturated/α-hetero) is 1. The first-order valence-corrected chi connectivity index (χ1v) is 7.69. The van der Waals surface area contributed by atoms with Crippen LogP contribution in [-0.2, 0) is 10.0 Å². The van der Waals surface area contributed by atoms with Crippen LogP contribution in [-0.4, -0.2) is 25.9 Å². The van der Waals surface area contributed by atoms with E-state index in [2.05, 4.69) is 4.72 Å². The monoisotopic (exact) mass is 309 g/mol. The van der Waals surface area contributed by atoms with Gasteiger partial charge in [-0.15, -0.1) is 0 Å². The largest absolute Gasteiger partial charge is 0.472 e. The third-order valence-electron chi connectivity index (χ3n) is 2.97. The average molecular weight is 309 g/mol. The Balaban J connectivity index is 2.06. The number of sulfonamides is 1. The maximum Gasteiger partial charge on any atom is 0.240 e. The fraction of sp³-hybridized carbons (Fsp3) is 0.214. The van der Waals surface area contributed by atoms with Crippen LogP contribution in [0.5, 0.6) is 0 Å². The van der Waals surface area contributed by atoms with Crippen molar-refractivity contribution < 1.29 is 22.7 Å². The van der Waals surface area contributed by atoms with Gasteiger partial charge >= 0.3 is 0 Å². The highest BCUT2D eigenvalue weighted by Gasteiger charge is 2.17. The molecular weight excluding hydrogens is 294 g/mol. The third kappa shape index (κ3) is 3.78. The van der Waals surface area contributed by atoms with Crippen LogP contribution in [0.3, 0.4) is 0 Å². The van der Waals surface area contributed by atoms with E-state index in [0.29, 0.717) is 11.1 Å². The Hall–Kier alpha value is -1.96. The molecule has 112 valence electrons. The summed E-state index contributed by atoms with van der Waals surface area (Å²) in [6.07, 6.45) is 1.75. The highest BCUT2D eigenvalue weighted by atomic mass is 32.2. The summed E-state index contributed by atoms with van der Waals surface area (Å²) in [5.41, 5.74) is 0.928. The molecule has 0 bridgehead atoms. The second-order valence-corrected chi connectivity index (χ2v) is 6.27. The van der Waals surface area contributed by atoms with Crippen LogP contribution in [0.25, 0.3) is 0 Å². The number of hydrogen-bond acceptors (Lipinski definition) is 5. The van der Waals surface area contributed by atoms with E-state index in [4.69, 9.17) is 4.42 Å². The first-order chi connectivity index (χ1) is 9.90. The minimum absolute atomic E-state index is 0.0342. The molecule has 0 fully saturated rings. The van der Waals surface area contributed by atoms with Gasteiger partial charge in [-0.25, -0.2) is 13.1 Å². The van der Waals surface area contributed by atoms with Gasteiger partial charge in [0.15, 0.2) is 5.78 Å². The summed E-state index contributed by atoms with van der Waals surface area (Å²) < 4.78 is 31.2. The van der Waals surface area contributed by atoms with Crippen molar-refractivity contribution in [3.8, 4) is 0 Å². The highest BCUT2D eigenvalue weighted by molar-refractivity contribution is 7.89. The van der Waals surface area contributed by atoms with Crippen molar-refractivity contribution in [1.29, 1.82) is 0 Å². The Morgan fingerprint density at radius 3 is 2.48 bits per heavy atom. The Morgan fingerprint density at radius 2 is 1.95 bits per heavy atom. The molecule has 0 saturated carbocycles. The van der Waals surface area contributed by atoms with E-state index in [1.165, 1.54) is 43.7 Å². The molecular formula is C14H15NO5S. The molecule has 0 radical (unpaired) electrons. The van der Waals surface area contributed by atoms with Crippen molar-refractivity contribution in [1.82, 2.24) is 4.72 Å². The van der Waals surface area contributed by atoms with Crippen LogP contribution in [0.1, 0.15) is 28.9 Å². The summed E-state index contributed by atoms with van der Waals surface area (Å²) in [6, 6.07) is 7.15. The normalized spacial score (nSPS) is 13.0. The molecule has 0 aliphatic heterocycles. The van der Waals surface area contributed by atoms with E-state index in [0.717, 1.165) is 0 Å². The van der Waals surface area contributed by atoms with Gasteiger partial charge in [-0.1, -0.05) is 12.1 Å². The average Bonchev–Trinajstić information content (AvgIpc) is 2.99. The van der Waals surface area contributed by atoms with Gasteiger partial charge in [0.05, 0.1) is 23.5 Å². The molecule has 0 saturated heterocycles. The van der Waals surface area contributed by atoms with E-state index >= 15 is 0 Å². The lowest BCUT2D eigenvalue weighted by molar-refractivity contribution is 0.101. The highest BCUT2D eigenvalue weighted by Crippen LogP contribution is 2.14. The molecule has 1 atom stereocenters. The second-order valence-electron chi connectivity index (χ2n) is 4.50. The van der Waals surface area contributed by atoms with Crippen LogP contribution in [0.2, 0.25) is 0 Å². The lowest BCUT2D eigenvalue weighted by Gasteiger charge is -2.11. The Labute approximate surface area is 122 Å². The van der Waals surface area contributed by atoms with Crippen molar-refractivity contribution in [3.63, 3.8) is 0 Å². The van der Waals surface area contributed by atoms with Gasteiger partial charge in [0.2, 0.25) is 10.0 Å². The molecule has 0 aliphatic carbocycles. The minimum atomic E-state index is -3.74. The molecule has 0 aliphatic rings.